The molecule has 0 saturated heterocycles. The third kappa shape index (κ3) is 2.16. The van der Waals surface area contributed by atoms with Crippen molar-refractivity contribution in [3.05, 3.63) is 35.9 Å². The molecular weight excluding hydrogens is 190 g/mol. The fourth-order valence-electron chi connectivity index (χ4n) is 1.27. The van der Waals surface area contributed by atoms with E-state index in [0.29, 0.717) is 5.56 Å². The molecule has 78 valence electrons. The zero-order chi connectivity index (χ0) is 11.3. The second kappa shape index (κ2) is 4.61. The van der Waals surface area contributed by atoms with Gasteiger partial charge in [0, 0.05) is 0 Å². The van der Waals surface area contributed by atoms with Gasteiger partial charge in [0.25, 0.3) is 0 Å². The lowest BCUT2D eigenvalue weighted by Gasteiger charge is -2.19. The number of carbonyl (C=O) groups excluding carboxylic acids is 1. The average molecular weight is 203 g/mol. The lowest BCUT2D eigenvalue weighted by Crippen LogP contribution is -2.32. The fraction of sp³-hybridized carbons (Fsp3) is 0.333. The van der Waals surface area contributed by atoms with Crippen molar-refractivity contribution in [3.8, 4) is 6.07 Å². The van der Waals surface area contributed by atoms with Gasteiger partial charge in [-0.25, -0.2) is 4.79 Å². The second-order valence-corrected chi connectivity index (χ2v) is 3.32. The molecule has 0 unspecified atom stereocenters. The number of nitriles is 1. The van der Waals surface area contributed by atoms with Crippen LogP contribution in [0.15, 0.2) is 30.3 Å². The molecule has 1 aromatic carbocycles. The van der Waals surface area contributed by atoms with E-state index in [1.807, 2.05) is 12.1 Å². The van der Waals surface area contributed by atoms with Crippen LogP contribution >= 0.6 is 0 Å². The van der Waals surface area contributed by atoms with E-state index in [4.69, 9.17) is 10.00 Å². The van der Waals surface area contributed by atoms with Crippen molar-refractivity contribution in [1.29, 1.82) is 5.26 Å². The molecule has 0 heterocycles. The van der Waals surface area contributed by atoms with E-state index in [1.54, 1.807) is 38.1 Å². The van der Waals surface area contributed by atoms with Crippen molar-refractivity contribution in [2.24, 2.45) is 0 Å². The first-order valence-corrected chi connectivity index (χ1v) is 4.79. The van der Waals surface area contributed by atoms with E-state index < -0.39 is 11.4 Å². The molecule has 0 aromatic heterocycles. The van der Waals surface area contributed by atoms with Crippen molar-refractivity contribution >= 4 is 5.97 Å². The molecule has 0 aliphatic heterocycles. The largest absolute Gasteiger partial charge is 0.465 e. The third-order valence-corrected chi connectivity index (χ3v) is 2.26. The van der Waals surface area contributed by atoms with Crippen LogP contribution < -0.4 is 0 Å². The fourth-order valence-corrected chi connectivity index (χ4v) is 1.27. The van der Waals surface area contributed by atoms with E-state index in [-0.39, 0.29) is 6.61 Å². The Hall–Kier alpha value is -1.82. The lowest BCUT2D eigenvalue weighted by molar-refractivity contribution is -0.147. The van der Waals surface area contributed by atoms with Gasteiger partial charge < -0.3 is 4.74 Å². The van der Waals surface area contributed by atoms with Crippen molar-refractivity contribution < 1.29 is 9.53 Å². The number of hydrogen-bond donors (Lipinski definition) is 0. The molecule has 1 atom stereocenters. The number of ether oxygens (including phenoxy) is 1. The van der Waals surface area contributed by atoms with Gasteiger partial charge in [0.15, 0.2) is 5.41 Å². The zero-order valence-electron chi connectivity index (χ0n) is 8.86. The Bertz CT molecular complexity index is 380. The van der Waals surface area contributed by atoms with Crippen LogP contribution in [-0.2, 0) is 14.9 Å². The van der Waals surface area contributed by atoms with Gasteiger partial charge in [-0.05, 0) is 19.4 Å². The Morgan fingerprint density at radius 2 is 2.07 bits per heavy atom. The molecule has 3 nitrogen and oxygen atoms in total. The van der Waals surface area contributed by atoms with E-state index in [1.165, 1.54) is 0 Å². The molecular formula is C12H13NO2. The first-order valence-electron chi connectivity index (χ1n) is 4.79. The highest BCUT2D eigenvalue weighted by atomic mass is 16.5. The van der Waals surface area contributed by atoms with Crippen LogP contribution in [0.4, 0.5) is 0 Å². The average Bonchev–Trinajstić information content (AvgIpc) is 2.29. The highest BCUT2D eigenvalue weighted by molar-refractivity contribution is 5.86. The summed E-state index contributed by atoms with van der Waals surface area (Å²) in [6.07, 6.45) is 0. The quantitative estimate of drug-likeness (QED) is 0.706. The van der Waals surface area contributed by atoms with Crippen LogP contribution in [-0.4, -0.2) is 12.6 Å². The summed E-state index contributed by atoms with van der Waals surface area (Å²) in [7, 11) is 0. The third-order valence-electron chi connectivity index (χ3n) is 2.26. The minimum atomic E-state index is -1.21. The summed E-state index contributed by atoms with van der Waals surface area (Å²) >= 11 is 0. The summed E-state index contributed by atoms with van der Waals surface area (Å²) in [5.74, 6) is -0.501. The van der Waals surface area contributed by atoms with Gasteiger partial charge in [-0.1, -0.05) is 30.3 Å². The van der Waals surface area contributed by atoms with Crippen molar-refractivity contribution in [2.75, 3.05) is 6.61 Å². The van der Waals surface area contributed by atoms with Crippen molar-refractivity contribution in [1.82, 2.24) is 0 Å². The van der Waals surface area contributed by atoms with E-state index in [2.05, 4.69) is 0 Å². The lowest BCUT2D eigenvalue weighted by atomic mass is 9.84. The summed E-state index contributed by atoms with van der Waals surface area (Å²) in [6.45, 7) is 3.57. The minimum Gasteiger partial charge on any atom is -0.465 e. The molecule has 0 bridgehead atoms. The van der Waals surface area contributed by atoms with E-state index in [9.17, 15) is 4.79 Å². The number of benzene rings is 1. The highest BCUT2D eigenvalue weighted by Gasteiger charge is 2.36. The van der Waals surface area contributed by atoms with Crippen LogP contribution in [0.3, 0.4) is 0 Å². The smallest absolute Gasteiger partial charge is 0.330 e. The molecule has 0 N–H and O–H groups in total. The molecule has 0 spiro atoms. The van der Waals surface area contributed by atoms with Crippen molar-refractivity contribution in [2.45, 2.75) is 19.3 Å². The number of carbonyl (C=O) groups is 1. The maximum atomic E-state index is 11.7. The van der Waals surface area contributed by atoms with Gasteiger partial charge in [0.2, 0.25) is 0 Å². The molecule has 0 aliphatic carbocycles. The summed E-state index contributed by atoms with van der Waals surface area (Å²) < 4.78 is 4.89. The van der Waals surface area contributed by atoms with Crippen LogP contribution in [0, 0.1) is 11.3 Å². The molecule has 3 heteroatoms. The van der Waals surface area contributed by atoms with Gasteiger partial charge >= 0.3 is 5.97 Å². The topological polar surface area (TPSA) is 50.1 Å². The molecule has 1 rings (SSSR count). The minimum absolute atomic E-state index is 0.281. The van der Waals surface area contributed by atoms with E-state index >= 15 is 0 Å². The highest BCUT2D eigenvalue weighted by Crippen LogP contribution is 2.24. The molecule has 1 aromatic rings. The number of rotatable bonds is 3. The maximum Gasteiger partial charge on any atom is 0.330 e. The first-order chi connectivity index (χ1) is 7.15. The van der Waals surface area contributed by atoms with Gasteiger partial charge in [0.1, 0.15) is 0 Å². The maximum absolute atomic E-state index is 11.7. The Morgan fingerprint density at radius 3 is 2.53 bits per heavy atom. The zero-order valence-corrected chi connectivity index (χ0v) is 8.86. The summed E-state index contributed by atoms with van der Waals surface area (Å²) in [6, 6.07) is 10.9. The number of nitrogens with zero attached hydrogens (tertiary/aromatic N) is 1. The molecule has 0 amide bonds. The van der Waals surface area contributed by atoms with Gasteiger partial charge in [-0.2, -0.15) is 5.26 Å². The summed E-state index contributed by atoms with van der Waals surface area (Å²) in [5.41, 5.74) is -0.553. The van der Waals surface area contributed by atoms with Crippen LogP contribution in [0.25, 0.3) is 0 Å². The number of esters is 1. The standard InChI is InChI=1S/C12H13NO2/c1-3-15-11(14)12(2,9-13)10-7-5-4-6-8-10/h4-8H,3H2,1-2H3/t12-/m1/s1. The molecule has 15 heavy (non-hydrogen) atoms. The SMILES string of the molecule is CCOC(=O)[C@](C)(C#N)c1ccccc1. The van der Waals surface area contributed by atoms with Gasteiger partial charge in [-0.3, -0.25) is 0 Å². The Labute approximate surface area is 89.3 Å². The monoisotopic (exact) mass is 203 g/mol. The van der Waals surface area contributed by atoms with Crippen LogP contribution in [0.1, 0.15) is 19.4 Å². The Kier molecular flexibility index (Phi) is 3.46. The summed E-state index contributed by atoms with van der Waals surface area (Å²) in [4.78, 5) is 11.7. The van der Waals surface area contributed by atoms with Crippen LogP contribution in [0.2, 0.25) is 0 Å². The number of hydrogen-bond acceptors (Lipinski definition) is 3. The molecule has 0 aliphatic rings. The molecule has 0 radical (unpaired) electrons. The second-order valence-electron chi connectivity index (χ2n) is 3.32. The van der Waals surface area contributed by atoms with Crippen LogP contribution in [0.5, 0.6) is 0 Å². The predicted molar refractivity (Wildman–Crippen MR) is 56.0 cm³/mol. The van der Waals surface area contributed by atoms with Gasteiger partial charge in [0.05, 0.1) is 12.7 Å². The normalized spacial score (nSPS) is 13.7. The Morgan fingerprint density at radius 1 is 1.47 bits per heavy atom. The molecule has 0 saturated carbocycles. The predicted octanol–water partition coefficient (Wildman–Crippen LogP) is 2.03. The first kappa shape index (κ1) is 11.3. The van der Waals surface area contributed by atoms with Gasteiger partial charge in [-0.15, -0.1) is 0 Å². The Balaban J connectivity index is 3.07. The summed E-state index contributed by atoms with van der Waals surface area (Å²) in [5, 5.41) is 9.08. The van der Waals surface area contributed by atoms with E-state index in [0.717, 1.165) is 0 Å². The molecule has 0 fully saturated rings. The van der Waals surface area contributed by atoms with Crippen molar-refractivity contribution in [3.63, 3.8) is 0 Å².